The van der Waals surface area contributed by atoms with Gasteiger partial charge in [0.1, 0.15) is 5.76 Å². The Morgan fingerprint density at radius 1 is 1.50 bits per heavy atom. The van der Waals surface area contributed by atoms with Gasteiger partial charge in [0.15, 0.2) is 0 Å². The Hall–Kier alpha value is -1.51. The van der Waals surface area contributed by atoms with Gasteiger partial charge < -0.3 is 9.73 Å². The molecule has 1 amide bonds. The Morgan fingerprint density at radius 2 is 2.33 bits per heavy atom. The third-order valence-electron chi connectivity index (χ3n) is 3.05. The van der Waals surface area contributed by atoms with Gasteiger partial charge in [-0.1, -0.05) is 33.1 Å². The summed E-state index contributed by atoms with van der Waals surface area (Å²) < 4.78 is 5.12. The summed E-state index contributed by atoms with van der Waals surface area (Å²) in [6, 6.07) is 3.62. The van der Waals surface area contributed by atoms with E-state index in [4.69, 9.17) is 4.42 Å². The second-order valence-corrected chi connectivity index (χ2v) is 4.51. The number of hydrogen-bond donors (Lipinski definition) is 1. The second kappa shape index (κ2) is 8.56. The molecule has 0 fully saturated rings. The molecule has 0 spiro atoms. The van der Waals surface area contributed by atoms with E-state index < -0.39 is 0 Å². The van der Waals surface area contributed by atoms with Crippen LogP contribution in [-0.2, 0) is 4.79 Å². The molecule has 1 aromatic heterocycles. The lowest BCUT2D eigenvalue weighted by atomic mass is 9.99. The second-order valence-electron chi connectivity index (χ2n) is 4.51. The first-order chi connectivity index (χ1) is 8.76. The van der Waals surface area contributed by atoms with E-state index in [1.54, 1.807) is 18.4 Å². The third-order valence-corrected chi connectivity index (χ3v) is 3.05. The molecular formula is C15H23NO2. The Labute approximate surface area is 109 Å². The van der Waals surface area contributed by atoms with Crippen LogP contribution in [0.3, 0.4) is 0 Å². The van der Waals surface area contributed by atoms with Crippen molar-refractivity contribution in [1.29, 1.82) is 0 Å². The number of rotatable bonds is 8. The molecule has 3 heteroatoms. The van der Waals surface area contributed by atoms with Crippen LogP contribution >= 0.6 is 0 Å². The van der Waals surface area contributed by atoms with Crippen molar-refractivity contribution in [2.24, 2.45) is 5.92 Å². The van der Waals surface area contributed by atoms with Crippen LogP contribution in [0.4, 0.5) is 0 Å². The van der Waals surface area contributed by atoms with E-state index in [1.165, 1.54) is 25.3 Å². The number of carbonyl (C=O) groups is 1. The molecule has 0 aliphatic rings. The molecule has 100 valence electrons. The highest BCUT2D eigenvalue weighted by Crippen LogP contribution is 2.11. The molecule has 0 radical (unpaired) electrons. The number of carbonyl (C=O) groups excluding carboxylic acids is 1. The van der Waals surface area contributed by atoms with E-state index in [2.05, 4.69) is 19.2 Å². The highest BCUT2D eigenvalue weighted by atomic mass is 16.3. The summed E-state index contributed by atoms with van der Waals surface area (Å²) in [5.74, 6) is 1.23. The minimum atomic E-state index is -0.0543. The van der Waals surface area contributed by atoms with Crippen LogP contribution in [0.2, 0.25) is 0 Å². The average molecular weight is 249 g/mol. The lowest BCUT2D eigenvalue weighted by Gasteiger charge is -2.14. The fourth-order valence-corrected chi connectivity index (χ4v) is 1.79. The Morgan fingerprint density at radius 3 is 2.94 bits per heavy atom. The predicted octanol–water partition coefficient (Wildman–Crippen LogP) is 3.63. The van der Waals surface area contributed by atoms with Crippen LogP contribution in [0.1, 0.15) is 45.3 Å². The van der Waals surface area contributed by atoms with Crippen molar-refractivity contribution in [3.63, 3.8) is 0 Å². The van der Waals surface area contributed by atoms with Gasteiger partial charge in [-0.05, 0) is 30.5 Å². The molecule has 0 aliphatic heterocycles. The molecular weight excluding hydrogens is 226 g/mol. The predicted molar refractivity (Wildman–Crippen MR) is 74.1 cm³/mol. The molecule has 1 aromatic rings. The van der Waals surface area contributed by atoms with Gasteiger partial charge in [-0.3, -0.25) is 4.79 Å². The SMILES string of the molecule is CCCCC(CC)CNC(=O)/C=C/c1ccco1. The highest BCUT2D eigenvalue weighted by molar-refractivity contribution is 5.91. The molecule has 1 heterocycles. The summed E-state index contributed by atoms with van der Waals surface area (Å²) in [4.78, 5) is 11.6. The van der Waals surface area contributed by atoms with E-state index in [9.17, 15) is 4.79 Å². The monoisotopic (exact) mass is 249 g/mol. The van der Waals surface area contributed by atoms with Crippen LogP contribution in [-0.4, -0.2) is 12.5 Å². The van der Waals surface area contributed by atoms with E-state index in [0.29, 0.717) is 11.7 Å². The van der Waals surface area contributed by atoms with Crippen molar-refractivity contribution in [1.82, 2.24) is 5.32 Å². The van der Waals surface area contributed by atoms with Crippen molar-refractivity contribution < 1.29 is 9.21 Å². The van der Waals surface area contributed by atoms with Crippen molar-refractivity contribution in [2.45, 2.75) is 39.5 Å². The molecule has 1 unspecified atom stereocenters. The van der Waals surface area contributed by atoms with E-state index >= 15 is 0 Å². The minimum absolute atomic E-state index is 0.0543. The zero-order valence-electron chi connectivity index (χ0n) is 11.3. The van der Waals surface area contributed by atoms with Crippen molar-refractivity contribution in [2.75, 3.05) is 6.54 Å². The van der Waals surface area contributed by atoms with Gasteiger partial charge >= 0.3 is 0 Å². The van der Waals surface area contributed by atoms with Crippen LogP contribution in [0.25, 0.3) is 6.08 Å². The van der Waals surface area contributed by atoms with Crippen LogP contribution in [0, 0.1) is 5.92 Å². The van der Waals surface area contributed by atoms with Crippen LogP contribution in [0.15, 0.2) is 28.9 Å². The molecule has 1 atom stereocenters. The van der Waals surface area contributed by atoms with Crippen molar-refractivity contribution in [3.05, 3.63) is 30.2 Å². The lowest BCUT2D eigenvalue weighted by Crippen LogP contribution is -2.27. The van der Waals surface area contributed by atoms with Gasteiger partial charge in [0.05, 0.1) is 6.26 Å². The number of amides is 1. The molecule has 3 nitrogen and oxygen atoms in total. The third kappa shape index (κ3) is 5.71. The average Bonchev–Trinajstić information content (AvgIpc) is 2.89. The standard InChI is InChI=1S/C15H23NO2/c1-3-5-7-13(4-2)12-16-15(17)10-9-14-8-6-11-18-14/h6,8-11,13H,3-5,7,12H2,1-2H3,(H,16,17)/b10-9+. The summed E-state index contributed by atoms with van der Waals surface area (Å²) in [6.45, 7) is 5.13. The summed E-state index contributed by atoms with van der Waals surface area (Å²) in [5.41, 5.74) is 0. The Bertz CT molecular complexity index is 355. The highest BCUT2D eigenvalue weighted by Gasteiger charge is 2.06. The van der Waals surface area contributed by atoms with Crippen molar-refractivity contribution in [3.8, 4) is 0 Å². The van der Waals surface area contributed by atoms with E-state index in [1.807, 2.05) is 6.07 Å². The van der Waals surface area contributed by atoms with Crippen molar-refractivity contribution >= 4 is 12.0 Å². The minimum Gasteiger partial charge on any atom is -0.465 e. The molecule has 0 bridgehead atoms. The van der Waals surface area contributed by atoms with Gasteiger partial charge in [0.25, 0.3) is 0 Å². The van der Waals surface area contributed by atoms with Gasteiger partial charge in [0, 0.05) is 12.6 Å². The fourth-order valence-electron chi connectivity index (χ4n) is 1.79. The summed E-state index contributed by atoms with van der Waals surface area (Å²) in [6.07, 6.45) is 9.54. The molecule has 0 saturated carbocycles. The zero-order valence-corrected chi connectivity index (χ0v) is 11.3. The summed E-state index contributed by atoms with van der Waals surface area (Å²) in [5, 5.41) is 2.94. The molecule has 1 N–H and O–H groups in total. The molecule has 1 rings (SSSR count). The lowest BCUT2D eigenvalue weighted by molar-refractivity contribution is -0.116. The molecule has 0 aromatic carbocycles. The first kappa shape index (κ1) is 14.6. The molecule has 18 heavy (non-hydrogen) atoms. The van der Waals surface area contributed by atoms with Gasteiger partial charge in [-0.15, -0.1) is 0 Å². The zero-order chi connectivity index (χ0) is 13.2. The fraction of sp³-hybridized carbons (Fsp3) is 0.533. The van der Waals surface area contributed by atoms with Gasteiger partial charge in [0.2, 0.25) is 5.91 Å². The quantitative estimate of drug-likeness (QED) is 0.715. The topological polar surface area (TPSA) is 42.2 Å². The largest absolute Gasteiger partial charge is 0.465 e. The number of hydrogen-bond acceptors (Lipinski definition) is 2. The normalized spacial score (nSPS) is 12.8. The number of nitrogens with one attached hydrogen (secondary N) is 1. The van der Waals surface area contributed by atoms with E-state index in [-0.39, 0.29) is 5.91 Å². The summed E-state index contributed by atoms with van der Waals surface area (Å²) >= 11 is 0. The maximum Gasteiger partial charge on any atom is 0.244 e. The maximum atomic E-state index is 11.6. The van der Waals surface area contributed by atoms with Crippen LogP contribution < -0.4 is 5.32 Å². The van der Waals surface area contributed by atoms with Gasteiger partial charge in [-0.2, -0.15) is 0 Å². The Kier molecular flexibility index (Phi) is 6.92. The first-order valence-electron chi connectivity index (χ1n) is 6.75. The van der Waals surface area contributed by atoms with Crippen LogP contribution in [0.5, 0.6) is 0 Å². The maximum absolute atomic E-state index is 11.6. The number of unbranched alkanes of at least 4 members (excludes halogenated alkanes) is 1. The van der Waals surface area contributed by atoms with E-state index in [0.717, 1.165) is 13.0 Å². The van der Waals surface area contributed by atoms with Gasteiger partial charge in [-0.25, -0.2) is 0 Å². The molecule has 0 saturated heterocycles. The summed E-state index contributed by atoms with van der Waals surface area (Å²) in [7, 11) is 0. The Balaban J connectivity index is 2.27. The molecule has 0 aliphatic carbocycles. The smallest absolute Gasteiger partial charge is 0.244 e. The number of furan rings is 1. The first-order valence-corrected chi connectivity index (χ1v) is 6.75.